The van der Waals surface area contributed by atoms with E-state index in [0.717, 1.165) is 27.0 Å². The molecule has 0 aliphatic heterocycles. The number of carbonyl (C=O) groups is 1. The predicted molar refractivity (Wildman–Crippen MR) is 114 cm³/mol. The summed E-state index contributed by atoms with van der Waals surface area (Å²) < 4.78 is 6.19. The molecule has 2 aromatic heterocycles. The van der Waals surface area contributed by atoms with E-state index in [2.05, 4.69) is 14.8 Å². The van der Waals surface area contributed by atoms with Gasteiger partial charge in [-0.2, -0.15) is 14.6 Å². The van der Waals surface area contributed by atoms with Crippen LogP contribution in [-0.4, -0.2) is 27.7 Å². The molecular formula is C21H14ClN3O4S. The molecule has 0 atom stereocenters. The van der Waals surface area contributed by atoms with Gasteiger partial charge < -0.3 is 4.74 Å². The molecule has 2 aromatic carbocycles. The first kappa shape index (κ1) is 19.9. The van der Waals surface area contributed by atoms with Gasteiger partial charge in [0.1, 0.15) is 5.69 Å². The summed E-state index contributed by atoms with van der Waals surface area (Å²) in [5, 5.41) is 4.82. The zero-order valence-corrected chi connectivity index (χ0v) is 17.2. The number of aromatic nitrogens is 3. The molecule has 0 saturated heterocycles. The minimum absolute atomic E-state index is 0.179. The zero-order chi connectivity index (χ0) is 21.3. The minimum atomic E-state index is -0.472. The lowest BCUT2D eigenvalue weighted by Crippen LogP contribution is -2.28. The van der Waals surface area contributed by atoms with Crippen molar-refractivity contribution in [3.8, 4) is 0 Å². The van der Waals surface area contributed by atoms with Gasteiger partial charge in [-0.15, -0.1) is 0 Å². The Bertz CT molecular complexity index is 1410. The number of thiazole rings is 1. The van der Waals surface area contributed by atoms with Gasteiger partial charge in [0.15, 0.2) is 0 Å². The van der Waals surface area contributed by atoms with Gasteiger partial charge in [-0.05, 0) is 41.5 Å². The van der Waals surface area contributed by atoms with Gasteiger partial charge in [0, 0.05) is 11.4 Å². The number of benzene rings is 2. The average Bonchev–Trinajstić information content (AvgIpc) is 3.04. The largest absolute Gasteiger partial charge is 0.465 e. The lowest BCUT2D eigenvalue weighted by Gasteiger charge is -2.00. The zero-order valence-electron chi connectivity index (χ0n) is 15.7. The van der Waals surface area contributed by atoms with Crippen molar-refractivity contribution in [1.29, 1.82) is 0 Å². The summed E-state index contributed by atoms with van der Waals surface area (Å²) in [5.41, 5.74) is 1.31. The quantitative estimate of drug-likeness (QED) is 0.452. The summed E-state index contributed by atoms with van der Waals surface area (Å²) >= 11 is 6.96. The maximum absolute atomic E-state index is 12.8. The first-order valence-electron chi connectivity index (χ1n) is 8.82. The maximum Gasteiger partial charge on any atom is 0.337 e. The van der Waals surface area contributed by atoms with Crippen molar-refractivity contribution in [3.05, 3.63) is 101 Å². The number of rotatable bonds is 4. The van der Waals surface area contributed by atoms with Crippen molar-refractivity contribution in [2.75, 3.05) is 7.11 Å². The lowest BCUT2D eigenvalue weighted by atomic mass is 10.1. The van der Waals surface area contributed by atoms with Crippen LogP contribution in [0.1, 0.15) is 27.2 Å². The Morgan fingerprint density at radius 2 is 1.83 bits per heavy atom. The second-order valence-corrected chi connectivity index (χ2v) is 7.84. The molecule has 4 aromatic rings. The third kappa shape index (κ3) is 4.00. The minimum Gasteiger partial charge on any atom is -0.465 e. The fraction of sp³-hybridized carbons (Fsp3) is 0.0952. The van der Waals surface area contributed by atoms with E-state index in [-0.39, 0.29) is 22.6 Å². The molecule has 0 aliphatic rings. The van der Waals surface area contributed by atoms with E-state index in [4.69, 9.17) is 11.6 Å². The van der Waals surface area contributed by atoms with Gasteiger partial charge >= 0.3 is 5.97 Å². The number of esters is 1. The van der Waals surface area contributed by atoms with Crippen LogP contribution < -0.4 is 15.7 Å². The second-order valence-electron chi connectivity index (χ2n) is 6.39. The van der Waals surface area contributed by atoms with Gasteiger partial charge in [0.05, 0.1) is 17.2 Å². The molecule has 4 rings (SSSR count). The Kier molecular flexibility index (Phi) is 5.43. The average molecular weight is 440 g/mol. The first-order valence-corrected chi connectivity index (χ1v) is 10.0. The maximum atomic E-state index is 12.8. The summed E-state index contributed by atoms with van der Waals surface area (Å²) in [6.07, 6.45) is 1.91. The fourth-order valence-electron chi connectivity index (χ4n) is 2.83. The van der Waals surface area contributed by atoms with Crippen LogP contribution in [0.3, 0.4) is 0 Å². The Hall–Kier alpha value is -3.36. The highest BCUT2D eigenvalue weighted by Crippen LogP contribution is 2.11. The summed E-state index contributed by atoms with van der Waals surface area (Å²) in [6, 6.07) is 13.7. The standard InChI is InChI=1S/C21H14ClN3O4S/c1-29-20(28)14-6-2-13(3-7-14)11-17-19(27)25-21(30-17)23-18(26)16(24-25)10-12-4-8-15(22)9-5-12/h2-9,11H,10H2,1H3/b17-11-. The van der Waals surface area contributed by atoms with Crippen molar-refractivity contribution >= 4 is 39.9 Å². The summed E-state index contributed by atoms with van der Waals surface area (Å²) in [5.74, 6) is -0.437. The molecule has 0 amide bonds. The van der Waals surface area contributed by atoms with E-state index in [9.17, 15) is 14.4 Å². The second kappa shape index (κ2) is 8.17. The molecule has 0 aliphatic carbocycles. The predicted octanol–water partition coefficient (Wildman–Crippen LogP) is 2.09. The summed E-state index contributed by atoms with van der Waals surface area (Å²) in [7, 11) is 1.31. The van der Waals surface area contributed by atoms with Gasteiger partial charge in [-0.3, -0.25) is 9.59 Å². The number of hydrogen-bond donors (Lipinski definition) is 0. The van der Waals surface area contributed by atoms with Crippen LogP contribution in [0.25, 0.3) is 11.0 Å². The van der Waals surface area contributed by atoms with Gasteiger partial charge in [0.25, 0.3) is 11.1 Å². The molecule has 7 nitrogen and oxygen atoms in total. The third-order valence-corrected chi connectivity index (χ3v) is 5.58. The lowest BCUT2D eigenvalue weighted by molar-refractivity contribution is 0.0600. The molecule has 0 bridgehead atoms. The van der Waals surface area contributed by atoms with E-state index in [1.165, 1.54) is 7.11 Å². The first-order chi connectivity index (χ1) is 14.4. The molecule has 0 N–H and O–H groups in total. The molecule has 9 heteroatoms. The Labute approximate surface area is 178 Å². The van der Waals surface area contributed by atoms with Crippen molar-refractivity contribution in [2.24, 2.45) is 0 Å². The summed E-state index contributed by atoms with van der Waals surface area (Å²) in [6.45, 7) is 0. The number of methoxy groups -OCH3 is 1. The van der Waals surface area contributed by atoms with E-state index in [1.807, 2.05) is 0 Å². The Morgan fingerprint density at radius 3 is 2.50 bits per heavy atom. The molecule has 30 heavy (non-hydrogen) atoms. The number of ether oxygens (including phenoxy) is 1. The van der Waals surface area contributed by atoms with E-state index < -0.39 is 11.5 Å². The smallest absolute Gasteiger partial charge is 0.337 e. The van der Waals surface area contributed by atoms with Crippen molar-refractivity contribution in [1.82, 2.24) is 14.6 Å². The van der Waals surface area contributed by atoms with Gasteiger partial charge in [-0.25, -0.2) is 4.79 Å². The van der Waals surface area contributed by atoms with Crippen LogP contribution in [0.15, 0.2) is 58.1 Å². The van der Waals surface area contributed by atoms with Crippen LogP contribution in [0.2, 0.25) is 5.02 Å². The van der Waals surface area contributed by atoms with Gasteiger partial charge in [-0.1, -0.05) is 47.2 Å². The fourth-order valence-corrected chi connectivity index (χ4v) is 3.86. The van der Waals surface area contributed by atoms with Crippen LogP contribution in [0, 0.1) is 0 Å². The van der Waals surface area contributed by atoms with E-state index in [1.54, 1.807) is 54.6 Å². The van der Waals surface area contributed by atoms with Crippen LogP contribution in [0.4, 0.5) is 0 Å². The normalized spacial score (nSPS) is 11.7. The summed E-state index contributed by atoms with van der Waals surface area (Å²) in [4.78, 5) is 40.9. The number of nitrogens with zero attached hydrogens (tertiary/aromatic N) is 3. The van der Waals surface area contributed by atoms with Crippen LogP contribution in [0.5, 0.6) is 0 Å². The van der Waals surface area contributed by atoms with Crippen LogP contribution in [-0.2, 0) is 11.2 Å². The van der Waals surface area contributed by atoms with Crippen molar-refractivity contribution < 1.29 is 9.53 Å². The van der Waals surface area contributed by atoms with Gasteiger partial charge in [0.2, 0.25) is 4.96 Å². The monoisotopic (exact) mass is 439 g/mol. The number of carbonyl (C=O) groups excluding carboxylic acids is 1. The molecule has 0 fully saturated rings. The molecule has 0 unspecified atom stereocenters. The third-order valence-electron chi connectivity index (χ3n) is 4.36. The van der Waals surface area contributed by atoms with Crippen molar-refractivity contribution in [3.63, 3.8) is 0 Å². The molecular weight excluding hydrogens is 426 g/mol. The highest BCUT2D eigenvalue weighted by molar-refractivity contribution is 7.15. The Morgan fingerprint density at radius 1 is 1.13 bits per heavy atom. The molecule has 2 heterocycles. The molecule has 150 valence electrons. The Balaban J connectivity index is 1.72. The number of fused-ring (bicyclic) bond motifs is 1. The number of hydrogen-bond acceptors (Lipinski definition) is 7. The topological polar surface area (TPSA) is 90.6 Å². The molecule has 0 radical (unpaired) electrons. The number of halogens is 1. The van der Waals surface area contributed by atoms with Crippen molar-refractivity contribution in [2.45, 2.75) is 6.42 Å². The molecule has 0 saturated carbocycles. The van der Waals surface area contributed by atoms with Crippen LogP contribution >= 0.6 is 22.9 Å². The molecule has 0 spiro atoms. The van der Waals surface area contributed by atoms with E-state index >= 15 is 0 Å². The SMILES string of the molecule is COC(=O)c1ccc(/C=c2\sc3nc(=O)c(Cc4ccc(Cl)cc4)nn3c2=O)cc1. The van der Waals surface area contributed by atoms with E-state index in [0.29, 0.717) is 15.1 Å². The highest BCUT2D eigenvalue weighted by atomic mass is 35.5. The highest BCUT2D eigenvalue weighted by Gasteiger charge is 2.12.